The lowest BCUT2D eigenvalue weighted by atomic mass is 9.95. The lowest BCUT2D eigenvalue weighted by Crippen LogP contribution is -2.37. The smallest absolute Gasteiger partial charge is 0.254 e. The number of hydrogen-bond donors (Lipinski definition) is 0. The number of likely N-dealkylation sites (tertiary alicyclic amines) is 1. The number of halogens is 1. The molecule has 2 heterocycles. The monoisotopic (exact) mass is 380 g/mol. The molecule has 2 saturated heterocycles. The van der Waals surface area contributed by atoms with Gasteiger partial charge >= 0.3 is 0 Å². The van der Waals surface area contributed by atoms with Crippen molar-refractivity contribution < 1.29 is 4.79 Å². The van der Waals surface area contributed by atoms with Gasteiger partial charge in [0.2, 0.25) is 0 Å². The highest BCUT2D eigenvalue weighted by atomic mass is 35.5. The Balaban J connectivity index is 1.46. The van der Waals surface area contributed by atoms with Crippen LogP contribution < -0.4 is 4.90 Å². The van der Waals surface area contributed by atoms with E-state index in [1.54, 1.807) is 6.07 Å². The van der Waals surface area contributed by atoms with Crippen LogP contribution in [0.4, 0.5) is 5.69 Å². The van der Waals surface area contributed by atoms with Gasteiger partial charge in [0, 0.05) is 35.9 Å². The molecule has 0 saturated carbocycles. The minimum atomic E-state index is 0.108. The minimum absolute atomic E-state index is 0.108. The number of amides is 1. The van der Waals surface area contributed by atoms with Crippen molar-refractivity contribution in [3.05, 3.63) is 64.2 Å². The van der Waals surface area contributed by atoms with E-state index in [4.69, 9.17) is 11.6 Å². The number of nitrogens with zero attached hydrogens (tertiary/aromatic N) is 2. The molecule has 140 valence electrons. The molecule has 1 amide bonds. The van der Waals surface area contributed by atoms with Gasteiger partial charge in [-0.25, -0.2) is 0 Å². The van der Waals surface area contributed by atoms with Crippen molar-refractivity contribution in [3.63, 3.8) is 0 Å². The second-order valence-electron chi connectivity index (χ2n) is 8.11. The Kier molecular flexibility index (Phi) is 4.35. The van der Waals surface area contributed by atoms with E-state index in [0.717, 1.165) is 32.5 Å². The number of rotatable bonds is 2. The third kappa shape index (κ3) is 3.02. The average Bonchev–Trinajstić information content (AvgIpc) is 3.00. The predicted octanol–water partition coefficient (Wildman–Crippen LogP) is 5.40. The molecule has 3 nitrogen and oxygen atoms in total. The maximum atomic E-state index is 13.2. The van der Waals surface area contributed by atoms with Gasteiger partial charge in [0.15, 0.2) is 0 Å². The van der Waals surface area contributed by atoms with Crippen molar-refractivity contribution in [2.24, 2.45) is 0 Å². The second kappa shape index (κ2) is 6.87. The van der Waals surface area contributed by atoms with Crippen molar-refractivity contribution in [2.45, 2.75) is 44.1 Å². The fourth-order valence-electron chi connectivity index (χ4n) is 5.14. The molecule has 4 heteroatoms. The largest absolute Gasteiger partial charge is 0.372 e. The number of carbonyl (C=O) groups excluding carboxylic acids is 1. The maximum absolute atomic E-state index is 13.2. The Bertz CT molecular complexity index is 874. The summed E-state index contributed by atoms with van der Waals surface area (Å²) in [6, 6.07) is 14.5. The molecule has 1 unspecified atom stereocenters. The first-order chi connectivity index (χ1) is 13.2. The third-order valence-corrected chi connectivity index (χ3v) is 6.76. The van der Waals surface area contributed by atoms with Gasteiger partial charge < -0.3 is 9.80 Å². The van der Waals surface area contributed by atoms with Crippen molar-refractivity contribution in [1.82, 2.24) is 4.90 Å². The average molecular weight is 381 g/mol. The SMILES string of the molecule is O=C(c1cccc(Cl)c1)N1CC[C@@H]2CC1c1cc(N3CCCCC3)ccc12. The molecule has 2 atom stereocenters. The normalized spacial score (nSPS) is 24.0. The highest BCUT2D eigenvalue weighted by molar-refractivity contribution is 6.30. The molecule has 2 bridgehead atoms. The van der Waals surface area contributed by atoms with Crippen LogP contribution >= 0.6 is 11.6 Å². The molecule has 0 aromatic heterocycles. The summed E-state index contributed by atoms with van der Waals surface area (Å²) in [5, 5.41) is 0.620. The Hall–Kier alpha value is -2.00. The lowest BCUT2D eigenvalue weighted by Gasteiger charge is -2.34. The van der Waals surface area contributed by atoms with E-state index in [0.29, 0.717) is 16.5 Å². The molecular weight excluding hydrogens is 356 g/mol. The van der Waals surface area contributed by atoms with Crippen LogP contribution in [-0.2, 0) is 0 Å². The molecule has 0 N–H and O–H groups in total. The van der Waals surface area contributed by atoms with Gasteiger partial charge in [-0.1, -0.05) is 23.7 Å². The highest BCUT2D eigenvalue weighted by Gasteiger charge is 2.41. The van der Waals surface area contributed by atoms with Crippen LogP contribution in [0, 0.1) is 0 Å². The zero-order chi connectivity index (χ0) is 18.4. The summed E-state index contributed by atoms with van der Waals surface area (Å²) in [5.74, 6) is 0.709. The molecule has 5 rings (SSSR count). The first-order valence-electron chi connectivity index (χ1n) is 10.2. The van der Waals surface area contributed by atoms with Gasteiger partial charge in [-0.05, 0) is 79.5 Å². The molecule has 2 aromatic carbocycles. The Morgan fingerprint density at radius 1 is 0.963 bits per heavy atom. The summed E-state index contributed by atoms with van der Waals surface area (Å²) >= 11 is 6.12. The molecule has 1 aliphatic carbocycles. The quantitative estimate of drug-likeness (QED) is 0.695. The zero-order valence-corrected chi connectivity index (χ0v) is 16.3. The summed E-state index contributed by atoms with van der Waals surface area (Å²) in [4.78, 5) is 17.8. The maximum Gasteiger partial charge on any atom is 0.254 e. The van der Waals surface area contributed by atoms with Crippen molar-refractivity contribution in [3.8, 4) is 0 Å². The Labute approximate surface area is 165 Å². The van der Waals surface area contributed by atoms with Crippen molar-refractivity contribution in [1.29, 1.82) is 0 Å². The summed E-state index contributed by atoms with van der Waals surface area (Å²) in [6.07, 6.45) is 6.02. The van der Waals surface area contributed by atoms with Crippen LogP contribution in [0.5, 0.6) is 0 Å². The fraction of sp³-hybridized carbons (Fsp3) is 0.435. The highest BCUT2D eigenvalue weighted by Crippen LogP contribution is 2.50. The van der Waals surface area contributed by atoms with E-state index in [9.17, 15) is 4.79 Å². The third-order valence-electron chi connectivity index (χ3n) is 6.53. The van der Waals surface area contributed by atoms with E-state index in [1.807, 2.05) is 18.2 Å². The molecule has 27 heavy (non-hydrogen) atoms. The molecule has 2 aromatic rings. The summed E-state index contributed by atoms with van der Waals surface area (Å²) < 4.78 is 0. The molecule has 3 aliphatic rings. The lowest BCUT2D eigenvalue weighted by molar-refractivity contribution is 0.0620. The first kappa shape index (κ1) is 17.1. The molecule has 2 fully saturated rings. The summed E-state index contributed by atoms with van der Waals surface area (Å²) in [7, 11) is 0. The fourth-order valence-corrected chi connectivity index (χ4v) is 5.33. The van der Waals surface area contributed by atoms with Gasteiger partial charge in [-0.3, -0.25) is 4.79 Å². The predicted molar refractivity (Wildman–Crippen MR) is 110 cm³/mol. The number of benzene rings is 2. The van der Waals surface area contributed by atoms with E-state index in [1.165, 1.54) is 36.1 Å². The topological polar surface area (TPSA) is 23.6 Å². The van der Waals surface area contributed by atoms with Crippen LogP contribution in [0.1, 0.15) is 65.5 Å². The number of fused-ring (bicyclic) bond motifs is 5. The van der Waals surface area contributed by atoms with Crippen LogP contribution in [0.25, 0.3) is 0 Å². The van der Waals surface area contributed by atoms with Crippen LogP contribution in [0.15, 0.2) is 42.5 Å². The van der Waals surface area contributed by atoms with E-state index in [2.05, 4.69) is 28.0 Å². The number of piperidine rings is 2. The van der Waals surface area contributed by atoms with Crippen molar-refractivity contribution >= 4 is 23.2 Å². The minimum Gasteiger partial charge on any atom is -0.372 e. The molecule has 2 aliphatic heterocycles. The molecule has 0 radical (unpaired) electrons. The van der Waals surface area contributed by atoms with Crippen molar-refractivity contribution in [2.75, 3.05) is 24.5 Å². The van der Waals surface area contributed by atoms with Gasteiger partial charge in [0.05, 0.1) is 6.04 Å². The van der Waals surface area contributed by atoms with E-state index >= 15 is 0 Å². The number of hydrogen-bond acceptors (Lipinski definition) is 2. The van der Waals surface area contributed by atoms with E-state index < -0.39 is 0 Å². The van der Waals surface area contributed by atoms with E-state index in [-0.39, 0.29) is 11.9 Å². The molecular formula is C23H25ClN2O. The number of anilines is 1. The standard InChI is InChI=1S/C23H25ClN2O/c24-18-6-4-5-17(13-18)23(27)26-12-9-16-14-22(26)21-15-19(7-8-20(16)21)25-10-2-1-3-11-25/h4-8,13,15-16,22H,1-3,9-12,14H2/t16-,22?/m1/s1. The van der Waals surface area contributed by atoms with Crippen LogP contribution in [0.2, 0.25) is 5.02 Å². The Morgan fingerprint density at radius 2 is 1.81 bits per heavy atom. The van der Waals surface area contributed by atoms with Crippen LogP contribution in [0.3, 0.4) is 0 Å². The van der Waals surface area contributed by atoms with Gasteiger partial charge in [-0.2, -0.15) is 0 Å². The molecule has 0 spiro atoms. The number of carbonyl (C=O) groups is 1. The second-order valence-corrected chi connectivity index (χ2v) is 8.54. The summed E-state index contributed by atoms with van der Waals surface area (Å²) in [5.41, 5.74) is 4.86. The van der Waals surface area contributed by atoms with Gasteiger partial charge in [-0.15, -0.1) is 0 Å². The zero-order valence-electron chi connectivity index (χ0n) is 15.5. The van der Waals surface area contributed by atoms with Gasteiger partial charge in [0.1, 0.15) is 0 Å². The van der Waals surface area contributed by atoms with Gasteiger partial charge in [0.25, 0.3) is 5.91 Å². The van der Waals surface area contributed by atoms with Crippen LogP contribution in [-0.4, -0.2) is 30.4 Å². The first-order valence-corrected chi connectivity index (χ1v) is 10.5. The Morgan fingerprint density at radius 3 is 2.63 bits per heavy atom. The summed E-state index contributed by atoms with van der Waals surface area (Å²) in [6.45, 7) is 3.13.